The molecule has 0 spiro atoms. The van der Waals surface area contributed by atoms with Crippen LogP contribution in [0.25, 0.3) is 0 Å². The highest BCUT2D eigenvalue weighted by molar-refractivity contribution is 5.21. The van der Waals surface area contributed by atoms with E-state index in [0.29, 0.717) is 6.04 Å². The fourth-order valence-corrected chi connectivity index (χ4v) is 2.29. The van der Waals surface area contributed by atoms with E-state index in [0.717, 1.165) is 13.1 Å². The van der Waals surface area contributed by atoms with E-state index in [9.17, 15) is 0 Å². The lowest BCUT2D eigenvalue weighted by atomic mass is 10.1. The standard InChI is InChI=1S/C16H24N4/c1-13-15(11-18-20(13)4)10-17-16(12-19(2)3)14-8-6-5-7-9-14/h5-9,11,16-17H,10,12H2,1-4H3. The van der Waals surface area contributed by atoms with Gasteiger partial charge in [0.15, 0.2) is 0 Å². The summed E-state index contributed by atoms with van der Waals surface area (Å²) >= 11 is 0. The molecular weight excluding hydrogens is 248 g/mol. The average Bonchev–Trinajstić information content (AvgIpc) is 2.75. The van der Waals surface area contributed by atoms with Crippen molar-refractivity contribution in [3.8, 4) is 0 Å². The molecule has 4 heteroatoms. The van der Waals surface area contributed by atoms with Crippen LogP contribution in [0.15, 0.2) is 36.5 Å². The normalized spacial score (nSPS) is 12.8. The van der Waals surface area contributed by atoms with Gasteiger partial charge in [-0.25, -0.2) is 0 Å². The predicted molar refractivity (Wildman–Crippen MR) is 82.5 cm³/mol. The number of hydrogen-bond acceptors (Lipinski definition) is 3. The second kappa shape index (κ2) is 6.68. The SMILES string of the molecule is Cc1c(CNC(CN(C)C)c2ccccc2)cnn1C. The Balaban J connectivity index is 2.07. The Bertz CT molecular complexity index is 531. The molecule has 2 rings (SSSR count). The molecular formula is C16H24N4. The maximum atomic E-state index is 4.29. The summed E-state index contributed by atoms with van der Waals surface area (Å²) in [4.78, 5) is 2.21. The summed E-state index contributed by atoms with van der Waals surface area (Å²) < 4.78 is 1.92. The highest BCUT2D eigenvalue weighted by atomic mass is 15.3. The lowest BCUT2D eigenvalue weighted by Gasteiger charge is -2.23. The van der Waals surface area contributed by atoms with Crippen molar-refractivity contribution in [2.45, 2.75) is 19.5 Å². The predicted octanol–water partition coefficient (Wildman–Crippen LogP) is 2.12. The Kier molecular flexibility index (Phi) is 4.93. The molecule has 0 amide bonds. The van der Waals surface area contributed by atoms with E-state index in [4.69, 9.17) is 0 Å². The second-order valence-corrected chi connectivity index (χ2v) is 5.49. The van der Waals surface area contributed by atoms with Gasteiger partial charge >= 0.3 is 0 Å². The topological polar surface area (TPSA) is 33.1 Å². The van der Waals surface area contributed by atoms with Gasteiger partial charge in [0.2, 0.25) is 0 Å². The van der Waals surface area contributed by atoms with Crippen LogP contribution in [0.2, 0.25) is 0 Å². The zero-order valence-corrected chi connectivity index (χ0v) is 12.8. The molecule has 0 saturated carbocycles. The smallest absolute Gasteiger partial charge is 0.0537 e. The molecule has 1 unspecified atom stereocenters. The Morgan fingerprint density at radius 2 is 1.95 bits per heavy atom. The number of aryl methyl sites for hydroxylation is 1. The highest BCUT2D eigenvalue weighted by Gasteiger charge is 2.13. The average molecular weight is 272 g/mol. The van der Waals surface area contributed by atoms with E-state index >= 15 is 0 Å². The minimum Gasteiger partial charge on any atom is -0.308 e. The minimum absolute atomic E-state index is 0.325. The van der Waals surface area contributed by atoms with Crippen LogP contribution in [0, 0.1) is 6.92 Å². The van der Waals surface area contributed by atoms with Gasteiger partial charge in [0, 0.05) is 37.4 Å². The monoisotopic (exact) mass is 272 g/mol. The van der Waals surface area contributed by atoms with Crippen LogP contribution >= 0.6 is 0 Å². The molecule has 1 N–H and O–H groups in total. The van der Waals surface area contributed by atoms with Crippen molar-refractivity contribution in [2.75, 3.05) is 20.6 Å². The van der Waals surface area contributed by atoms with Crippen LogP contribution in [0.3, 0.4) is 0 Å². The van der Waals surface area contributed by atoms with Crippen LogP contribution in [0.1, 0.15) is 22.9 Å². The Hall–Kier alpha value is -1.65. The molecule has 1 aromatic carbocycles. The van der Waals surface area contributed by atoms with Crippen molar-refractivity contribution in [1.82, 2.24) is 20.0 Å². The fraction of sp³-hybridized carbons (Fsp3) is 0.438. The van der Waals surface area contributed by atoms with E-state index in [-0.39, 0.29) is 0 Å². The molecule has 0 aliphatic carbocycles. The molecule has 2 aromatic rings. The summed E-state index contributed by atoms with van der Waals surface area (Å²) in [5, 5.41) is 7.94. The third kappa shape index (κ3) is 3.68. The molecule has 0 radical (unpaired) electrons. The molecule has 1 atom stereocenters. The van der Waals surface area contributed by atoms with E-state index in [1.807, 2.05) is 17.9 Å². The molecule has 1 aromatic heterocycles. The first kappa shape index (κ1) is 14.8. The summed E-state index contributed by atoms with van der Waals surface area (Å²) in [6, 6.07) is 10.9. The molecule has 4 nitrogen and oxygen atoms in total. The zero-order valence-electron chi connectivity index (χ0n) is 12.8. The van der Waals surface area contributed by atoms with E-state index in [1.165, 1.54) is 16.8 Å². The van der Waals surface area contributed by atoms with Crippen LogP contribution < -0.4 is 5.32 Å². The van der Waals surface area contributed by atoms with E-state index in [2.05, 4.69) is 66.7 Å². The van der Waals surface area contributed by atoms with Crippen molar-refractivity contribution >= 4 is 0 Å². The summed E-state index contributed by atoms with van der Waals surface area (Å²) in [7, 11) is 6.19. The van der Waals surface area contributed by atoms with Crippen molar-refractivity contribution < 1.29 is 0 Å². The minimum atomic E-state index is 0.325. The lowest BCUT2D eigenvalue weighted by Crippen LogP contribution is -2.31. The van der Waals surface area contributed by atoms with Crippen molar-refractivity contribution in [2.24, 2.45) is 7.05 Å². The number of benzene rings is 1. The Morgan fingerprint density at radius 1 is 1.25 bits per heavy atom. The summed E-state index contributed by atoms with van der Waals surface area (Å²) in [5.41, 5.74) is 3.80. The molecule has 20 heavy (non-hydrogen) atoms. The van der Waals surface area contributed by atoms with Crippen LogP contribution in [-0.4, -0.2) is 35.3 Å². The highest BCUT2D eigenvalue weighted by Crippen LogP contribution is 2.15. The van der Waals surface area contributed by atoms with E-state index in [1.54, 1.807) is 0 Å². The van der Waals surface area contributed by atoms with Crippen LogP contribution in [-0.2, 0) is 13.6 Å². The number of nitrogens with one attached hydrogen (secondary N) is 1. The summed E-state index contributed by atoms with van der Waals surface area (Å²) in [6.45, 7) is 3.92. The molecule has 0 aliphatic heterocycles. The van der Waals surface area contributed by atoms with Gasteiger partial charge in [-0.15, -0.1) is 0 Å². The maximum absolute atomic E-state index is 4.29. The lowest BCUT2D eigenvalue weighted by molar-refractivity contribution is 0.340. The van der Waals surface area contributed by atoms with Crippen molar-refractivity contribution in [1.29, 1.82) is 0 Å². The number of aromatic nitrogens is 2. The van der Waals surface area contributed by atoms with Gasteiger partial charge in [0.1, 0.15) is 0 Å². The number of likely N-dealkylation sites (N-methyl/N-ethyl adjacent to an activating group) is 1. The fourth-order valence-electron chi connectivity index (χ4n) is 2.29. The molecule has 0 aliphatic rings. The van der Waals surface area contributed by atoms with Gasteiger partial charge in [-0.3, -0.25) is 4.68 Å². The first-order chi connectivity index (χ1) is 9.58. The van der Waals surface area contributed by atoms with Gasteiger partial charge < -0.3 is 10.2 Å². The zero-order chi connectivity index (χ0) is 14.5. The quantitative estimate of drug-likeness (QED) is 0.874. The third-order valence-electron chi connectivity index (χ3n) is 3.63. The van der Waals surface area contributed by atoms with Gasteiger partial charge in [-0.2, -0.15) is 5.10 Å². The van der Waals surface area contributed by atoms with Gasteiger partial charge in [-0.1, -0.05) is 30.3 Å². The first-order valence-corrected chi connectivity index (χ1v) is 6.98. The van der Waals surface area contributed by atoms with Crippen LogP contribution in [0.4, 0.5) is 0 Å². The Morgan fingerprint density at radius 3 is 2.50 bits per heavy atom. The van der Waals surface area contributed by atoms with E-state index < -0.39 is 0 Å². The van der Waals surface area contributed by atoms with Gasteiger partial charge in [0.25, 0.3) is 0 Å². The summed E-state index contributed by atoms with van der Waals surface area (Å²) in [6.07, 6.45) is 1.94. The van der Waals surface area contributed by atoms with Crippen molar-refractivity contribution in [3.63, 3.8) is 0 Å². The molecule has 1 heterocycles. The van der Waals surface area contributed by atoms with Crippen molar-refractivity contribution in [3.05, 3.63) is 53.3 Å². The number of hydrogen-bond donors (Lipinski definition) is 1. The largest absolute Gasteiger partial charge is 0.308 e. The maximum Gasteiger partial charge on any atom is 0.0537 e. The number of nitrogens with zero attached hydrogens (tertiary/aromatic N) is 3. The molecule has 0 saturated heterocycles. The Labute approximate surface area is 121 Å². The molecule has 0 fully saturated rings. The van der Waals surface area contributed by atoms with Gasteiger partial charge in [-0.05, 0) is 26.6 Å². The first-order valence-electron chi connectivity index (χ1n) is 6.98. The van der Waals surface area contributed by atoms with Crippen LogP contribution in [0.5, 0.6) is 0 Å². The van der Waals surface area contributed by atoms with Gasteiger partial charge in [0.05, 0.1) is 6.20 Å². The molecule has 108 valence electrons. The second-order valence-electron chi connectivity index (χ2n) is 5.49. The third-order valence-corrected chi connectivity index (χ3v) is 3.63. The summed E-state index contributed by atoms with van der Waals surface area (Å²) in [5.74, 6) is 0. The number of rotatable bonds is 6. The molecule has 0 bridgehead atoms.